The van der Waals surface area contributed by atoms with Crippen LogP contribution in [-0.4, -0.2) is 22.8 Å². The standard InChI is InChI=1S/C17H28N2O/c1-16(2)7-6-8-17(3)9-14-20-13-5-4-11-19-12-10-18-15-19/h7,9-10,12,15H,4-6,8,11,13-14H2,1-3H3/b17-9+. The summed E-state index contributed by atoms with van der Waals surface area (Å²) >= 11 is 0. The van der Waals surface area contributed by atoms with Crippen LogP contribution in [0.3, 0.4) is 0 Å². The van der Waals surface area contributed by atoms with Gasteiger partial charge in [0.25, 0.3) is 0 Å². The number of rotatable bonds is 10. The fourth-order valence-corrected chi connectivity index (χ4v) is 1.89. The highest BCUT2D eigenvalue weighted by molar-refractivity contribution is 5.02. The van der Waals surface area contributed by atoms with E-state index >= 15 is 0 Å². The molecule has 1 aromatic rings. The fourth-order valence-electron chi connectivity index (χ4n) is 1.89. The number of hydrogen-bond donors (Lipinski definition) is 0. The number of aryl methyl sites for hydroxylation is 1. The minimum absolute atomic E-state index is 0.742. The first-order valence-electron chi connectivity index (χ1n) is 7.51. The number of ether oxygens (including phenoxy) is 1. The van der Waals surface area contributed by atoms with Gasteiger partial charge in [0, 0.05) is 25.5 Å². The number of hydrogen-bond acceptors (Lipinski definition) is 2. The van der Waals surface area contributed by atoms with Gasteiger partial charge in [0.05, 0.1) is 12.9 Å². The van der Waals surface area contributed by atoms with Gasteiger partial charge < -0.3 is 9.30 Å². The van der Waals surface area contributed by atoms with Gasteiger partial charge >= 0.3 is 0 Å². The largest absolute Gasteiger partial charge is 0.377 e. The summed E-state index contributed by atoms with van der Waals surface area (Å²) in [5.41, 5.74) is 2.81. The van der Waals surface area contributed by atoms with E-state index in [9.17, 15) is 0 Å². The molecule has 1 heterocycles. The summed E-state index contributed by atoms with van der Waals surface area (Å²) in [4.78, 5) is 4.03. The monoisotopic (exact) mass is 276 g/mol. The molecule has 0 saturated carbocycles. The third-order valence-corrected chi connectivity index (χ3v) is 3.16. The molecule has 20 heavy (non-hydrogen) atoms. The van der Waals surface area contributed by atoms with E-state index in [2.05, 4.69) is 42.5 Å². The zero-order valence-electron chi connectivity index (χ0n) is 13.1. The molecule has 0 bridgehead atoms. The Bertz CT molecular complexity index is 401. The summed E-state index contributed by atoms with van der Waals surface area (Å²) in [5, 5.41) is 0. The van der Waals surface area contributed by atoms with E-state index in [1.807, 2.05) is 18.7 Å². The molecule has 0 radical (unpaired) electrons. The number of imidazole rings is 1. The molecule has 112 valence electrons. The zero-order chi connectivity index (χ0) is 14.6. The average Bonchev–Trinajstić information content (AvgIpc) is 2.90. The van der Waals surface area contributed by atoms with Gasteiger partial charge in [0.15, 0.2) is 0 Å². The SMILES string of the molecule is CC(C)=CCC/C(C)=C/COCCCCn1ccnc1. The Hall–Kier alpha value is -1.35. The van der Waals surface area contributed by atoms with Gasteiger partial charge in [-0.3, -0.25) is 0 Å². The van der Waals surface area contributed by atoms with Gasteiger partial charge in [-0.25, -0.2) is 4.98 Å². The molecule has 0 amide bonds. The maximum atomic E-state index is 5.63. The van der Waals surface area contributed by atoms with E-state index < -0.39 is 0 Å². The van der Waals surface area contributed by atoms with Gasteiger partial charge in [0.1, 0.15) is 0 Å². The molecule has 0 saturated heterocycles. The van der Waals surface area contributed by atoms with Crippen molar-refractivity contribution >= 4 is 0 Å². The Morgan fingerprint density at radius 3 is 2.75 bits per heavy atom. The third kappa shape index (κ3) is 8.70. The molecule has 0 aliphatic rings. The highest BCUT2D eigenvalue weighted by Crippen LogP contribution is 2.06. The molecule has 0 aliphatic carbocycles. The lowest BCUT2D eigenvalue weighted by molar-refractivity contribution is 0.156. The Labute approximate surface area is 123 Å². The van der Waals surface area contributed by atoms with Gasteiger partial charge in [-0.05, 0) is 46.5 Å². The molecule has 3 nitrogen and oxygen atoms in total. The van der Waals surface area contributed by atoms with Crippen LogP contribution in [0.2, 0.25) is 0 Å². The molecule has 3 heteroatoms. The number of aromatic nitrogens is 2. The highest BCUT2D eigenvalue weighted by Gasteiger charge is 1.92. The third-order valence-electron chi connectivity index (χ3n) is 3.16. The van der Waals surface area contributed by atoms with Gasteiger partial charge in [-0.15, -0.1) is 0 Å². The first-order chi connectivity index (χ1) is 9.68. The number of unbranched alkanes of at least 4 members (excludes halogenated alkanes) is 1. The second-order valence-electron chi connectivity index (χ2n) is 5.45. The lowest BCUT2D eigenvalue weighted by atomic mass is 10.1. The summed E-state index contributed by atoms with van der Waals surface area (Å²) in [6.45, 7) is 9.08. The van der Waals surface area contributed by atoms with Crippen molar-refractivity contribution < 1.29 is 4.74 Å². The van der Waals surface area contributed by atoms with Gasteiger partial charge in [-0.1, -0.05) is 23.3 Å². The molecular weight excluding hydrogens is 248 g/mol. The Morgan fingerprint density at radius 1 is 1.20 bits per heavy atom. The molecule has 0 fully saturated rings. The Morgan fingerprint density at radius 2 is 2.05 bits per heavy atom. The quantitative estimate of drug-likeness (QED) is 0.468. The number of allylic oxidation sites excluding steroid dienone is 3. The Balaban J connectivity index is 1.96. The van der Waals surface area contributed by atoms with Crippen molar-refractivity contribution in [1.29, 1.82) is 0 Å². The lowest BCUT2D eigenvalue weighted by Gasteiger charge is -2.04. The topological polar surface area (TPSA) is 27.1 Å². The molecule has 0 N–H and O–H groups in total. The van der Waals surface area contributed by atoms with E-state index in [-0.39, 0.29) is 0 Å². The maximum absolute atomic E-state index is 5.63. The highest BCUT2D eigenvalue weighted by atomic mass is 16.5. The van der Waals surface area contributed by atoms with Gasteiger partial charge in [-0.2, -0.15) is 0 Å². The van der Waals surface area contributed by atoms with E-state index in [0.29, 0.717) is 0 Å². The summed E-state index contributed by atoms with van der Waals surface area (Å²) in [6, 6.07) is 0. The van der Waals surface area contributed by atoms with Crippen LogP contribution in [0, 0.1) is 0 Å². The Kier molecular flexibility index (Phi) is 8.72. The maximum Gasteiger partial charge on any atom is 0.0945 e. The molecule has 0 spiro atoms. The van der Waals surface area contributed by atoms with E-state index in [4.69, 9.17) is 4.74 Å². The van der Waals surface area contributed by atoms with Crippen molar-refractivity contribution in [2.24, 2.45) is 0 Å². The second-order valence-corrected chi connectivity index (χ2v) is 5.45. The molecule has 1 aromatic heterocycles. The average molecular weight is 276 g/mol. The predicted octanol–water partition coefficient (Wildman–Crippen LogP) is 4.37. The second kappa shape index (κ2) is 10.4. The normalized spacial score (nSPS) is 11.7. The first-order valence-corrected chi connectivity index (χ1v) is 7.51. The van der Waals surface area contributed by atoms with E-state index in [1.54, 1.807) is 0 Å². The minimum atomic E-state index is 0.742. The van der Waals surface area contributed by atoms with Crippen LogP contribution in [0.25, 0.3) is 0 Å². The minimum Gasteiger partial charge on any atom is -0.377 e. The van der Waals surface area contributed by atoms with Crippen LogP contribution in [0.5, 0.6) is 0 Å². The lowest BCUT2D eigenvalue weighted by Crippen LogP contribution is -1.99. The summed E-state index contributed by atoms with van der Waals surface area (Å²) in [5.74, 6) is 0. The summed E-state index contributed by atoms with van der Waals surface area (Å²) < 4.78 is 7.74. The van der Waals surface area contributed by atoms with E-state index in [1.165, 1.54) is 11.1 Å². The van der Waals surface area contributed by atoms with Crippen molar-refractivity contribution in [2.75, 3.05) is 13.2 Å². The summed E-state index contributed by atoms with van der Waals surface area (Å²) in [6.07, 6.45) is 14.7. The molecule has 0 atom stereocenters. The predicted molar refractivity (Wildman–Crippen MR) is 84.7 cm³/mol. The van der Waals surface area contributed by atoms with Crippen LogP contribution < -0.4 is 0 Å². The van der Waals surface area contributed by atoms with Crippen LogP contribution in [0.15, 0.2) is 42.0 Å². The van der Waals surface area contributed by atoms with Crippen LogP contribution in [0.4, 0.5) is 0 Å². The summed E-state index contributed by atoms with van der Waals surface area (Å²) in [7, 11) is 0. The van der Waals surface area contributed by atoms with E-state index in [0.717, 1.165) is 45.4 Å². The zero-order valence-corrected chi connectivity index (χ0v) is 13.1. The number of nitrogens with zero attached hydrogens (tertiary/aromatic N) is 2. The van der Waals surface area contributed by atoms with Crippen molar-refractivity contribution in [1.82, 2.24) is 9.55 Å². The van der Waals surface area contributed by atoms with Crippen LogP contribution in [-0.2, 0) is 11.3 Å². The molecular formula is C17H28N2O. The molecule has 1 rings (SSSR count). The first kappa shape index (κ1) is 16.7. The van der Waals surface area contributed by atoms with Crippen molar-refractivity contribution in [3.8, 4) is 0 Å². The van der Waals surface area contributed by atoms with Crippen molar-refractivity contribution in [3.05, 3.63) is 42.0 Å². The van der Waals surface area contributed by atoms with Crippen molar-refractivity contribution in [3.63, 3.8) is 0 Å². The molecule has 0 aromatic carbocycles. The van der Waals surface area contributed by atoms with Crippen LogP contribution >= 0.6 is 0 Å². The smallest absolute Gasteiger partial charge is 0.0945 e. The van der Waals surface area contributed by atoms with Crippen LogP contribution in [0.1, 0.15) is 46.5 Å². The molecule has 0 aliphatic heterocycles. The van der Waals surface area contributed by atoms with Crippen molar-refractivity contribution in [2.45, 2.75) is 53.0 Å². The van der Waals surface area contributed by atoms with Gasteiger partial charge in [0.2, 0.25) is 0 Å². The fraction of sp³-hybridized carbons (Fsp3) is 0.588. The molecule has 0 unspecified atom stereocenters.